The number of ether oxygens (including phenoxy) is 1. The molecule has 0 saturated carbocycles. The number of amides is 2. The molecule has 0 fully saturated rings. The number of carbonyl (C=O) groups is 2. The van der Waals surface area contributed by atoms with Gasteiger partial charge in [-0.3, -0.25) is 4.79 Å². The molecular formula is C20H22F2N2O4. The Balaban J connectivity index is 1.91. The fourth-order valence-electron chi connectivity index (χ4n) is 2.57. The minimum absolute atomic E-state index is 0.0616. The van der Waals surface area contributed by atoms with Gasteiger partial charge in [-0.15, -0.1) is 0 Å². The van der Waals surface area contributed by atoms with Crippen LogP contribution in [0.1, 0.15) is 18.4 Å². The summed E-state index contributed by atoms with van der Waals surface area (Å²) in [6.45, 7) is -0.696. The van der Waals surface area contributed by atoms with Gasteiger partial charge in [0.25, 0.3) is 6.43 Å². The van der Waals surface area contributed by atoms with Crippen LogP contribution in [0.2, 0.25) is 0 Å². The highest BCUT2D eigenvalue weighted by Crippen LogP contribution is 2.16. The summed E-state index contributed by atoms with van der Waals surface area (Å²) >= 11 is 0. The van der Waals surface area contributed by atoms with E-state index in [9.17, 15) is 18.4 Å². The Morgan fingerprint density at radius 3 is 2.32 bits per heavy atom. The van der Waals surface area contributed by atoms with Crippen molar-refractivity contribution in [1.82, 2.24) is 5.32 Å². The lowest BCUT2D eigenvalue weighted by molar-refractivity contribution is -0.137. The summed E-state index contributed by atoms with van der Waals surface area (Å²) in [6, 6.07) is 14.6. The summed E-state index contributed by atoms with van der Waals surface area (Å²) in [5, 5.41) is 14.3. The largest absolute Gasteiger partial charge is 0.488 e. The van der Waals surface area contributed by atoms with Gasteiger partial charge >= 0.3 is 12.0 Å². The number of carboxylic acids is 1. The molecule has 0 saturated heterocycles. The van der Waals surface area contributed by atoms with E-state index in [0.717, 1.165) is 5.56 Å². The molecule has 2 aromatic carbocycles. The van der Waals surface area contributed by atoms with Gasteiger partial charge in [0.1, 0.15) is 12.4 Å². The molecule has 1 unspecified atom stereocenters. The third-order valence-electron chi connectivity index (χ3n) is 3.85. The first-order chi connectivity index (χ1) is 13.4. The van der Waals surface area contributed by atoms with E-state index in [0.29, 0.717) is 12.1 Å². The third-order valence-corrected chi connectivity index (χ3v) is 3.85. The number of carbonyl (C=O) groups excluding carboxylic acids is 1. The van der Waals surface area contributed by atoms with Crippen LogP contribution in [0.15, 0.2) is 54.6 Å². The number of alkyl halides is 2. The van der Waals surface area contributed by atoms with Crippen LogP contribution in [-0.2, 0) is 11.2 Å². The van der Waals surface area contributed by atoms with Crippen molar-refractivity contribution in [3.8, 4) is 5.75 Å². The maximum absolute atomic E-state index is 12.3. The molecule has 0 aliphatic carbocycles. The first-order valence-corrected chi connectivity index (χ1v) is 8.76. The van der Waals surface area contributed by atoms with Gasteiger partial charge in [-0.05, 0) is 42.7 Å². The van der Waals surface area contributed by atoms with E-state index in [1.807, 2.05) is 30.3 Å². The van der Waals surface area contributed by atoms with E-state index in [4.69, 9.17) is 9.84 Å². The van der Waals surface area contributed by atoms with Crippen molar-refractivity contribution >= 4 is 17.7 Å². The van der Waals surface area contributed by atoms with Crippen molar-refractivity contribution in [3.05, 3.63) is 60.2 Å². The van der Waals surface area contributed by atoms with Crippen LogP contribution in [0.5, 0.6) is 5.75 Å². The first-order valence-electron chi connectivity index (χ1n) is 8.76. The number of nitrogens with one attached hydrogen (secondary N) is 2. The summed E-state index contributed by atoms with van der Waals surface area (Å²) in [5.74, 6) is -0.658. The van der Waals surface area contributed by atoms with Gasteiger partial charge in [0.2, 0.25) is 0 Å². The molecule has 0 aromatic heterocycles. The number of anilines is 1. The van der Waals surface area contributed by atoms with E-state index in [1.165, 1.54) is 24.3 Å². The van der Waals surface area contributed by atoms with Crippen LogP contribution in [0, 0.1) is 0 Å². The quantitative estimate of drug-likeness (QED) is 0.572. The molecule has 2 rings (SSSR count). The molecule has 0 heterocycles. The lowest BCUT2D eigenvalue weighted by atomic mass is 10.0. The highest BCUT2D eigenvalue weighted by molar-refractivity contribution is 5.89. The predicted molar refractivity (Wildman–Crippen MR) is 101 cm³/mol. The summed E-state index contributed by atoms with van der Waals surface area (Å²) in [4.78, 5) is 23.1. The van der Waals surface area contributed by atoms with E-state index in [1.54, 1.807) is 0 Å². The number of hydrogen-bond donors (Lipinski definition) is 3. The molecule has 2 amide bonds. The second-order valence-electron chi connectivity index (χ2n) is 6.14. The van der Waals surface area contributed by atoms with Gasteiger partial charge in [-0.1, -0.05) is 30.3 Å². The summed E-state index contributed by atoms with van der Waals surface area (Å²) < 4.78 is 29.1. The topological polar surface area (TPSA) is 87.7 Å². The lowest BCUT2D eigenvalue weighted by Gasteiger charge is -2.19. The van der Waals surface area contributed by atoms with Crippen LogP contribution < -0.4 is 15.4 Å². The van der Waals surface area contributed by atoms with Crippen molar-refractivity contribution < 1.29 is 28.2 Å². The van der Waals surface area contributed by atoms with Crippen molar-refractivity contribution in [1.29, 1.82) is 0 Å². The smallest absolute Gasteiger partial charge is 0.319 e. The number of carboxylic acid groups (broad SMARTS) is 1. The fraction of sp³-hybridized carbons (Fsp3) is 0.300. The summed E-state index contributed by atoms with van der Waals surface area (Å²) in [7, 11) is 0. The Morgan fingerprint density at radius 1 is 1.04 bits per heavy atom. The highest BCUT2D eigenvalue weighted by Gasteiger charge is 2.15. The highest BCUT2D eigenvalue weighted by atomic mass is 19.3. The van der Waals surface area contributed by atoms with E-state index >= 15 is 0 Å². The molecule has 3 N–H and O–H groups in total. The monoisotopic (exact) mass is 392 g/mol. The summed E-state index contributed by atoms with van der Waals surface area (Å²) in [6.07, 6.45) is -1.83. The number of rotatable bonds is 10. The van der Waals surface area contributed by atoms with Crippen LogP contribution in [-0.4, -0.2) is 36.2 Å². The maximum atomic E-state index is 12.3. The number of halogens is 2. The van der Waals surface area contributed by atoms with Crippen LogP contribution in [0.3, 0.4) is 0 Å². The van der Waals surface area contributed by atoms with Gasteiger partial charge in [0.15, 0.2) is 0 Å². The van der Waals surface area contributed by atoms with Gasteiger partial charge in [0, 0.05) is 18.2 Å². The van der Waals surface area contributed by atoms with Crippen molar-refractivity contribution in [2.75, 3.05) is 11.9 Å². The van der Waals surface area contributed by atoms with Gasteiger partial charge in [-0.25, -0.2) is 13.6 Å². The molecule has 0 spiro atoms. The lowest BCUT2D eigenvalue weighted by Crippen LogP contribution is -2.39. The minimum Gasteiger partial charge on any atom is -0.488 e. The zero-order valence-corrected chi connectivity index (χ0v) is 15.1. The normalized spacial score (nSPS) is 11.7. The van der Waals surface area contributed by atoms with Gasteiger partial charge in [-0.2, -0.15) is 0 Å². The standard InChI is InChI=1S/C20H22F2N2O4/c21-18(22)13-28-17-9-6-15(7-10-17)23-20(27)24-16(8-11-19(25)26)12-14-4-2-1-3-5-14/h1-7,9-10,16,18H,8,11-13H2,(H,25,26)(H2,23,24,27). The van der Waals surface area contributed by atoms with Crippen molar-refractivity contribution in [3.63, 3.8) is 0 Å². The Morgan fingerprint density at radius 2 is 1.71 bits per heavy atom. The molecule has 6 nitrogen and oxygen atoms in total. The Bertz CT molecular complexity index is 755. The molecule has 0 aliphatic rings. The third kappa shape index (κ3) is 8.03. The number of urea groups is 1. The van der Waals surface area contributed by atoms with Gasteiger partial charge in [0.05, 0.1) is 0 Å². The van der Waals surface area contributed by atoms with Crippen LogP contribution >= 0.6 is 0 Å². The molecular weight excluding hydrogens is 370 g/mol. The predicted octanol–water partition coefficient (Wildman–Crippen LogP) is 3.93. The Hall–Kier alpha value is -3.16. The van der Waals surface area contributed by atoms with E-state index < -0.39 is 25.0 Å². The minimum atomic E-state index is -2.56. The van der Waals surface area contributed by atoms with Gasteiger partial charge < -0.3 is 20.5 Å². The fourth-order valence-corrected chi connectivity index (χ4v) is 2.57. The molecule has 8 heteroatoms. The maximum Gasteiger partial charge on any atom is 0.319 e. The molecule has 28 heavy (non-hydrogen) atoms. The average Bonchev–Trinajstić information content (AvgIpc) is 2.66. The van der Waals surface area contributed by atoms with E-state index in [-0.39, 0.29) is 24.6 Å². The second-order valence-corrected chi connectivity index (χ2v) is 6.14. The number of benzene rings is 2. The number of aliphatic carboxylic acids is 1. The van der Waals surface area contributed by atoms with E-state index in [2.05, 4.69) is 10.6 Å². The summed E-state index contributed by atoms with van der Waals surface area (Å²) in [5.41, 5.74) is 1.44. The zero-order chi connectivity index (χ0) is 20.4. The second kappa shape index (κ2) is 10.9. The molecule has 150 valence electrons. The SMILES string of the molecule is O=C(O)CCC(Cc1ccccc1)NC(=O)Nc1ccc(OCC(F)F)cc1. The average molecular weight is 392 g/mol. The molecule has 0 aliphatic heterocycles. The molecule has 0 bridgehead atoms. The van der Waals surface area contributed by atoms with Crippen molar-refractivity contribution in [2.45, 2.75) is 31.7 Å². The van der Waals surface area contributed by atoms with Crippen LogP contribution in [0.25, 0.3) is 0 Å². The number of hydrogen-bond acceptors (Lipinski definition) is 3. The first kappa shape index (κ1) is 21.1. The molecule has 0 radical (unpaired) electrons. The molecule has 2 aromatic rings. The Labute approximate surface area is 161 Å². The van der Waals surface area contributed by atoms with Crippen LogP contribution in [0.4, 0.5) is 19.3 Å². The molecule has 1 atom stereocenters. The zero-order valence-electron chi connectivity index (χ0n) is 15.1. The van der Waals surface area contributed by atoms with Crippen molar-refractivity contribution in [2.24, 2.45) is 0 Å². The Kier molecular flexibility index (Phi) is 8.20.